The number of carbonyl (C=O) groups is 3. The number of aromatic nitrogens is 2. The Morgan fingerprint density at radius 2 is 1.69 bits per heavy atom. The fourth-order valence-corrected chi connectivity index (χ4v) is 5.94. The van der Waals surface area contributed by atoms with Crippen molar-refractivity contribution in [2.45, 2.75) is 25.8 Å². The number of hydrogen-bond donors (Lipinski definition) is 3. The minimum atomic E-state index is -1.23. The molecule has 42 heavy (non-hydrogen) atoms. The van der Waals surface area contributed by atoms with Gasteiger partial charge in [-0.3, -0.25) is 14.9 Å². The number of aryl methyl sites for hydroxylation is 1. The summed E-state index contributed by atoms with van der Waals surface area (Å²) in [5.74, 6) is -1.31. The summed E-state index contributed by atoms with van der Waals surface area (Å²) in [5, 5.41) is 16.1. The molecule has 0 atom stereocenters. The molecule has 2 aromatic heterocycles. The van der Waals surface area contributed by atoms with Crippen LogP contribution in [0.3, 0.4) is 0 Å². The van der Waals surface area contributed by atoms with Gasteiger partial charge < -0.3 is 15.3 Å². The van der Waals surface area contributed by atoms with Gasteiger partial charge >= 0.3 is 5.97 Å². The molecular weight excluding hydrogens is 550 g/mol. The molecule has 1 aliphatic rings. The van der Waals surface area contributed by atoms with Gasteiger partial charge in [0.05, 0.1) is 15.9 Å². The first kappa shape index (κ1) is 27.1. The normalized spacial score (nSPS) is 12.5. The standard InChI is InChI=1S/C32H27N5O4S/c38-28(16-13-20-7-2-1-3-8-20)33-25-14-15-27(35-29(25)31(40)41)37-18-17-21-9-6-10-22(23(21)19-37)30(39)36-32-34-24-11-4-5-12-26(24)42-32/h1-12,14-15H,13,16-19H2,(H,33,38)(H,40,41)(H,34,36,39). The topological polar surface area (TPSA) is 125 Å². The molecule has 9 nitrogen and oxygen atoms in total. The van der Waals surface area contributed by atoms with Crippen LogP contribution in [-0.4, -0.2) is 39.4 Å². The van der Waals surface area contributed by atoms with Crippen LogP contribution in [0, 0.1) is 0 Å². The molecule has 10 heteroatoms. The first-order chi connectivity index (χ1) is 20.4. The van der Waals surface area contributed by atoms with Gasteiger partial charge in [-0.2, -0.15) is 0 Å². The Hall–Kier alpha value is -5.09. The highest BCUT2D eigenvalue weighted by molar-refractivity contribution is 7.22. The van der Waals surface area contributed by atoms with Crippen molar-refractivity contribution in [1.82, 2.24) is 9.97 Å². The molecule has 3 heterocycles. The predicted octanol–water partition coefficient (Wildman–Crippen LogP) is 5.78. The van der Waals surface area contributed by atoms with E-state index >= 15 is 0 Å². The van der Waals surface area contributed by atoms with E-state index in [1.807, 2.05) is 71.6 Å². The minimum absolute atomic E-state index is 0.151. The molecule has 0 radical (unpaired) electrons. The Labute approximate surface area is 245 Å². The summed E-state index contributed by atoms with van der Waals surface area (Å²) in [5.41, 5.74) is 4.24. The molecule has 0 spiro atoms. The summed E-state index contributed by atoms with van der Waals surface area (Å²) < 4.78 is 0.991. The third-order valence-electron chi connectivity index (χ3n) is 7.20. The maximum atomic E-state index is 13.3. The van der Waals surface area contributed by atoms with E-state index in [0.29, 0.717) is 42.4 Å². The van der Waals surface area contributed by atoms with Crippen LogP contribution in [0.15, 0.2) is 84.9 Å². The van der Waals surface area contributed by atoms with Gasteiger partial charge in [0.25, 0.3) is 5.91 Å². The summed E-state index contributed by atoms with van der Waals surface area (Å²) in [7, 11) is 0. The van der Waals surface area contributed by atoms with Crippen LogP contribution in [0.4, 0.5) is 16.6 Å². The third kappa shape index (κ3) is 5.84. The van der Waals surface area contributed by atoms with Crippen LogP contribution in [0.25, 0.3) is 10.2 Å². The molecule has 0 saturated heterocycles. The Balaban J connectivity index is 1.18. The van der Waals surface area contributed by atoms with E-state index < -0.39 is 5.97 Å². The molecule has 6 rings (SSSR count). The van der Waals surface area contributed by atoms with Crippen molar-refractivity contribution >= 4 is 56.0 Å². The lowest BCUT2D eigenvalue weighted by Crippen LogP contribution is -2.33. The van der Waals surface area contributed by atoms with E-state index in [1.54, 1.807) is 18.2 Å². The second kappa shape index (κ2) is 11.8. The van der Waals surface area contributed by atoms with Crippen molar-refractivity contribution in [3.8, 4) is 0 Å². The largest absolute Gasteiger partial charge is 0.476 e. The molecule has 0 unspecified atom stereocenters. The number of anilines is 3. The number of pyridine rings is 1. The maximum Gasteiger partial charge on any atom is 0.356 e. The van der Waals surface area contributed by atoms with Crippen molar-refractivity contribution < 1.29 is 19.5 Å². The quantitative estimate of drug-likeness (QED) is 0.214. The van der Waals surface area contributed by atoms with E-state index in [0.717, 1.165) is 26.9 Å². The van der Waals surface area contributed by atoms with Gasteiger partial charge in [-0.15, -0.1) is 0 Å². The summed E-state index contributed by atoms with van der Waals surface area (Å²) >= 11 is 1.42. The van der Waals surface area contributed by atoms with Gasteiger partial charge in [-0.1, -0.05) is 65.9 Å². The van der Waals surface area contributed by atoms with E-state index in [4.69, 9.17) is 0 Å². The number of amides is 2. The average Bonchev–Trinajstić information content (AvgIpc) is 3.42. The Morgan fingerprint density at radius 3 is 2.50 bits per heavy atom. The van der Waals surface area contributed by atoms with E-state index in [9.17, 15) is 19.5 Å². The lowest BCUT2D eigenvalue weighted by atomic mass is 9.94. The van der Waals surface area contributed by atoms with Crippen LogP contribution < -0.4 is 15.5 Å². The summed E-state index contributed by atoms with van der Waals surface area (Å²) in [6.07, 6.45) is 1.43. The molecule has 0 bridgehead atoms. The number of nitrogens with zero attached hydrogens (tertiary/aromatic N) is 3. The minimum Gasteiger partial charge on any atom is -0.476 e. The lowest BCUT2D eigenvalue weighted by molar-refractivity contribution is -0.116. The van der Waals surface area contributed by atoms with E-state index in [1.165, 1.54) is 11.3 Å². The zero-order valence-electron chi connectivity index (χ0n) is 22.5. The van der Waals surface area contributed by atoms with Crippen molar-refractivity contribution in [3.05, 3.63) is 113 Å². The predicted molar refractivity (Wildman–Crippen MR) is 163 cm³/mol. The summed E-state index contributed by atoms with van der Waals surface area (Å²) in [4.78, 5) is 48.9. The second-order valence-corrected chi connectivity index (χ2v) is 11.0. The number of rotatable bonds is 8. The number of hydrogen-bond acceptors (Lipinski definition) is 7. The Kier molecular flexibility index (Phi) is 7.61. The molecule has 3 aromatic carbocycles. The van der Waals surface area contributed by atoms with Gasteiger partial charge in [0.2, 0.25) is 5.91 Å². The fraction of sp³-hybridized carbons (Fsp3) is 0.156. The number of para-hydroxylation sites is 1. The number of thiazole rings is 1. The monoisotopic (exact) mass is 577 g/mol. The van der Waals surface area contributed by atoms with Crippen molar-refractivity contribution in [2.75, 3.05) is 22.1 Å². The zero-order valence-corrected chi connectivity index (χ0v) is 23.4. The number of carboxylic acid groups (broad SMARTS) is 1. The molecule has 210 valence electrons. The molecule has 0 fully saturated rings. The van der Waals surface area contributed by atoms with Gasteiger partial charge in [0.15, 0.2) is 10.8 Å². The number of carbonyl (C=O) groups excluding carboxylic acids is 2. The third-order valence-corrected chi connectivity index (χ3v) is 8.15. The molecule has 0 aliphatic carbocycles. The Morgan fingerprint density at radius 1 is 0.881 bits per heavy atom. The van der Waals surface area contributed by atoms with Gasteiger partial charge in [0.1, 0.15) is 5.82 Å². The number of fused-ring (bicyclic) bond motifs is 2. The highest BCUT2D eigenvalue weighted by atomic mass is 32.1. The van der Waals surface area contributed by atoms with Crippen LogP contribution in [0.1, 0.15) is 44.0 Å². The highest BCUT2D eigenvalue weighted by Crippen LogP contribution is 2.30. The average molecular weight is 578 g/mol. The molecular formula is C32H27N5O4S. The smallest absolute Gasteiger partial charge is 0.356 e. The molecule has 3 N–H and O–H groups in total. The second-order valence-electron chi connectivity index (χ2n) is 9.96. The Bertz CT molecular complexity index is 1770. The van der Waals surface area contributed by atoms with Gasteiger partial charge in [-0.25, -0.2) is 14.8 Å². The van der Waals surface area contributed by atoms with Crippen LogP contribution in [0.2, 0.25) is 0 Å². The maximum absolute atomic E-state index is 13.3. The van der Waals surface area contributed by atoms with Crippen LogP contribution >= 0.6 is 11.3 Å². The van der Waals surface area contributed by atoms with Crippen molar-refractivity contribution in [1.29, 1.82) is 0 Å². The SMILES string of the molecule is O=C(CCc1ccccc1)Nc1ccc(N2CCc3cccc(C(=O)Nc4nc5ccccc5s4)c3C2)nc1C(=O)O. The molecule has 1 aliphatic heterocycles. The van der Waals surface area contributed by atoms with Gasteiger partial charge in [-0.05, 0) is 59.9 Å². The number of aromatic carboxylic acids is 1. The number of carboxylic acids is 1. The molecule has 0 saturated carbocycles. The fourth-order valence-electron chi connectivity index (χ4n) is 5.08. The lowest BCUT2D eigenvalue weighted by Gasteiger charge is -2.31. The van der Waals surface area contributed by atoms with E-state index in [-0.39, 0.29) is 29.6 Å². The van der Waals surface area contributed by atoms with Crippen LogP contribution in [-0.2, 0) is 24.2 Å². The number of nitrogens with one attached hydrogen (secondary N) is 2. The molecule has 2 amide bonds. The summed E-state index contributed by atoms with van der Waals surface area (Å²) in [6, 6.07) is 26.3. The number of benzene rings is 3. The zero-order chi connectivity index (χ0) is 29.1. The van der Waals surface area contributed by atoms with E-state index in [2.05, 4.69) is 20.6 Å². The summed E-state index contributed by atoms with van der Waals surface area (Å²) in [6.45, 7) is 0.985. The first-order valence-corrected chi connectivity index (χ1v) is 14.4. The first-order valence-electron chi connectivity index (χ1n) is 13.6. The van der Waals surface area contributed by atoms with Crippen molar-refractivity contribution in [2.24, 2.45) is 0 Å². The highest BCUT2D eigenvalue weighted by Gasteiger charge is 2.25. The molecule has 5 aromatic rings. The van der Waals surface area contributed by atoms with Gasteiger partial charge in [0, 0.05) is 25.1 Å². The van der Waals surface area contributed by atoms with Crippen LogP contribution in [0.5, 0.6) is 0 Å². The van der Waals surface area contributed by atoms with Crippen molar-refractivity contribution in [3.63, 3.8) is 0 Å².